The number of aromatic nitrogens is 2. The number of hydrogen-bond donors (Lipinski definition) is 1. The van der Waals surface area contributed by atoms with Crippen LogP contribution in [-0.2, 0) is 6.42 Å². The topological polar surface area (TPSA) is 41.1 Å². The number of nitrogens with one attached hydrogen (secondary N) is 1. The fraction of sp³-hybridized carbons (Fsp3) is 0.714. The summed E-state index contributed by atoms with van der Waals surface area (Å²) < 4.78 is 0. The zero-order valence-electron chi connectivity index (χ0n) is 12.1. The first-order chi connectivity index (χ1) is 9.30. The number of rotatable bonds is 5. The minimum Gasteiger partial charge on any atom is -0.373 e. The molecule has 0 saturated carbocycles. The van der Waals surface area contributed by atoms with Gasteiger partial charge in [-0.25, -0.2) is 9.97 Å². The van der Waals surface area contributed by atoms with Crippen molar-refractivity contribution < 1.29 is 0 Å². The molecule has 1 fully saturated rings. The van der Waals surface area contributed by atoms with Crippen molar-refractivity contribution in [3.63, 3.8) is 0 Å². The van der Waals surface area contributed by atoms with Crippen molar-refractivity contribution in [2.24, 2.45) is 0 Å². The summed E-state index contributed by atoms with van der Waals surface area (Å²) in [4.78, 5) is 11.4. The van der Waals surface area contributed by atoms with Gasteiger partial charge in [-0.1, -0.05) is 20.3 Å². The van der Waals surface area contributed by atoms with E-state index in [1.165, 1.54) is 17.7 Å². The van der Waals surface area contributed by atoms with E-state index >= 15 is 0 Å². The van der Waals surface area contributed by atoms with E-state index < -0.39 is 0 Å². The molecule has 0 radical (unpaired) electrons. The van der Waals surface area contributed by atoms with Crippen molar-refractivity contribution in [3.05, 3.63) is 11.9 Å². The zero-order valence-corrected chi connectivity index (χ0v) is 13.0. The van der Waals surface area contributed by atoms with Crippen LogP contribution in [0.4, 0.5) is 11.6 Å². The number of hydrogen-bond acceptors (Lipinski definition) is 5. The predicted molar refractivity (Wildman–Crippen MR) is 84.3 cm³/mol. The van der Waals surface area contributed by atoms with Crippen LogP contribution in [-0.4, -0.2) is 41.1 Å². The van der Waals surface area contributed by atoms with E-state index in [-0.39, 0.29) is 0 Å². The van der Waals surface area contributed by atoms with Gasteiger partial charge in [0.15, 0.2) is 0 Å². The van der Waals surface area contributed by atoms with Crippen LogP contribution in [0.1, 0.15) is 32.3 Å². The summed E-state index contributed by atoms with van der Waals surface area (Å²) in [6.45, 7) is 6.68. The first-order valence-corrected chi connectivity index (χ1v) is 8.23. The Labute approximate surface area is 120 Å². The van der Waals surface area contributed by atoms with Gasteiger partial charge in [0, 0.05) is 36.7 Å². The van der Waals surface area contributed by atoms with Crippen molar-refractivity contribution in [3.8, 4) is 0 Å². The molecule has 0 aromatic carbocycles. The molecule has 2 rings (SSSR count). The monoisotopic (exact) mass is 280 g/mol. The van der Waals surface area contributed by atoms with Crippen LogP contribution < -0.4 is 10.2 Å². The van der Waals surface area contributed by atoms with Crippen LogP contribution in [0.25, 0.3) is 0 Å². The van der Waals surface area contributed by atoms with Gasteiger partial charge in [0.05, 0.1) is 0 Å². The maximum absolute atomic E-state index is 4.56. The van der Waals surface area contributed by atoms with Crippen molar-refractivity contribution in [2.75, 3.05) is 36.1 Å². The lowest BCUT2D eigenvalue weighted by molar-refractivity contribution is 0.712. The molecule has 1 saturated heterocycles. The molecule has 0 spiro atoms. The summed E-state index contributed by atoms with van der Waals surface area (Å²) in [5.74, 6) is 3.32. The Balaban J connectivity index is 2.27. The standard InChI is InChI=1S/C14H24N4S/c1-4-6-12-13(15-3)16-10-17-14(12)18-7-8-19-11(5-2)9-18/h10-11H,4-9H2,1-3H3,(H,15,16,17). The average Bonchev–Trinajstić information content (AvgIpc) is 2.48. The zero-order chi connectivity index (χ0) is 13.7. The number of nitrogens with zero attached hydrogens (tertiary/aromatic N) is 3. The van der Waals surface area contributed by atoms with E-state index in [1.54, 1.807) is 6.33 Å². The quantitative estimate of drug-likeness (QED) is 0.898. The van der Waals surface area contributed by atoms with E-state index in [9.17, 15) is 0 Å². The molecule has 1 aliphatic heterocycles. The molecular weight excluding hydrogens is 256 g/mol. The molecule has 0 aliphatic carbocycles. The van der Waals surface area contributed by atoms with Crippen LogP contribution in [0, 0.1) is 0 Å². The highest BCUT2D eigenvalue weighted by molar-refractivity contribution is 8.00. The Hall–Kier alpha value is -0.970. The Morgan fingerprint density at radius 3 is 2.95 bits per heavy atom. The smallest absolute Gasteiger partial charge is 0.137 e. The van der Waals surface area contributed by atoms with E-state index in [2.05, 4.69) is 45.8 Å². The Morgan fingerprint density at radius 1 is 1.42 bits per heavy atom. The molecule has 1 N–H and O–H groups in total. The summed E-state index contributed by atoms with van der Waals surface area (Å²) in [5.41, 5.74) is 1.27. The van der Waals surface area contributed by atoms with Gasteiger partial charge in [0.1, 0.15) is 18.0 Å². The second kappa shape index (κ2) is 6.98. The molecular formula is C14H24N4S. The van der Waals surface area contributed by atoms with Crippen molar-refractivity contribution >= 4 is 23.4 Å². The Morgan fingerprint density at radius 2 is 2.26 bits per heavy atom. The number of thioether (sulfide) groups is 1. The molecule has 0 bridgehead atoms. The maximum Gasteiger partial charge on any atom is 0.137 e. The van der Waals surface area contributed by atoms with Crippen LogP contribution in [0.2, 0.25) is 0 Å². The third-order valence-corrected chi connectivity index (χ3v) is 4.93. The minimum absolute atomic E-state index is 0.733. The summed E-state index contributed by atoms with van der Waals surface area (Å²) in [7, 11) is 1.94. The number of anilines is 2. The van der Waals surface area contributed by atoms with Gasteiger partial charge in [0.2, 0.25) is 0 Å². The molecule has 5 heteroatoms. The van der Waals surface area contributed by atoms with Crippen molar-refractivity contribution in [1.29, 1.82) is 0 Å². The normalized spacial score (nSPS) is 19.5. The SMILES string of the molecule is CCCc1c(NC)ncnc1N1CCSC(CC)C1. The van der Waals surface area contributed by atoms with Crippen LogP contribution in [0.15, 0.2) is 6.33 Å². The van der Waals surface area contributed by atoms with Gasteiger partial charge in [-0.3, -0.25) is 0 Å². The van der Waals surface area contributed by atoms with Crippen LogP contribution in [0.3, 0.4) is 0 Å². The summed E-state index contributed by atoms with van der Waals surface area (Å²) >= 11 is 2.09. The van der Waals surface area contributed by atoms with Gasteiger partial charge in [-0.15, -0.1) is 0 Å². The fourth-order valence-corrected chi connectivity index (χ4v) is 3.71. The van der Waals surface area contributed by atoms with E-state index in [4.69, 9.17) is 0 Å². The van der Waals surface area contributed by atoms with E-state index in [0.29, 0.717) is 0 Å². The Bertz CT molecular complexity index is 410. The van der Waals surface area contributed by atoms with E-state index in [0.717, 1.165) is 42.8 Å². The van der Waals surface area contributed by atoms with Crippen molar-refractivity contribution in [1.82, 2.24) is 9.97 Å². The summed E-state index contributed by atoms with van der Waals surface area (Å²) in [6.07, 6.45) is 5.07. The van der Waals surface area contributed by atoms with Gasteiger partial charge < -0.3 is 10.2 Å². The third kappa shape index (κ3) is 3.32. The first kappa shape index (κ1) is 14.4. The molecule has 1 aliphatic rings. The summed E-state index contributed by atoms with van der Waals surface area (Å²) in [5, 5.41) is 3.93. The second-order valence-electron chi connectivity index (χ2n) is 4.87. The maximum atomic E-state index is 4.56. The van der Waals surface area contributed by atoms with Gasteiger partial charge in [-0.2, -0.15) is 11.8 Å². The molecule has 19 heavy (non-hydrogen) atoms. The molecule has 2 heterocycles. The third-order valence-electron chi connectivity index (χ3n) is 3.55. The predicted octanol–water partition coefficient (Wildman–Crippen LogP) is 2.80. The van der Waals surface area contributed by atoms with Gasteiger partial charge in [0.25, 0.3) is 0 Å². The Kier molecular flexibility index (Phi) is 5.31. The summed E-state index contributed by atoms with van der Waals surface area (Å²) in [6, 6.07) is 0. The van der Waals surface area contributed by atoms with Crippen molar-refractivity contribution in [2.45, 2.75) is 38.4 Å². The molecule has 1 aromatic rings. The molecule has 1 atom stereocenters. The highest BCUT2D eigenvalue weighted by Crippen LogP contribution is 2.29. The molecule has 106 valence electrons. The average molecular weight is 280 g/mol. The molecule has 1 aromatic heterocycles. The largest absolute Gasteiger partial charge is 0.373 e. The highest BCUT2D eigenvalue weighted by Gasteiger charge is 2.23. The minimum atomic E-state index is 0.733. The van der Waals surface area contributed by atoms with Crippen LogP contribution in [0.5, 0.6) is 0 Å². The fourth-order valence-electron chi connectivity index (χ4n) is 2.53. The lowest BCUT2D eigenvalue weighted by Crippen LogP contribution is -2.38. The lowest BCUT2D eigenvalue weighted by Gasteiger charge is -2.34. The highest BCUT2D eigenvalue weighted by atomic mass is 32.2. The van der Waals surface area contributed by atoms with Gasteiger partial charge >= 0.3 is 0 Å². The van der Waals surface area contributed by atoms with E-state index in [1.807, 2.05) is 7.05 Å². The van der Waals surface area contributed by atoms with Crippen LogP contribution >= 0.6 is 11.8 Å². The molecule has 4 nitrogen and oxygen atoms in total. The first-order valence-electron chi connectivity index (χ1n) is 7.18. The van der Waals surface area contributed by atoms with Gasteiger partial charge in [-0.05, 0) is 12.8 Å². The lowest BCUT2D eigenvalue weighted by atomic mass is 10.1. The molecule has 1 unspecified atom stereocenters. The second-order valence-corrected chi connectivity index (χ2v) is 6.28. The molecule has 0 amide bonds.